The number of nitrogens with zero attached hydrogens (tertiary/aromatic N) is 3. The molecule has 2 aromatic heterocycles. The van der Waals surface area contributed by atoms with Gasteiger partial charge in [0, 0.05) is 34.3 Å². The van der Waals surface area contributed by atoms with Gasteiger partial charge in [0.05, 0.1) is 11.3 Å². The zero-order valence-corrected chi connectivity index (χ0v) is 14.6. The van der Waals surface area contributed by atoms with Gasteiger partial charge in [-0.2, -0.15) is 0 Å². The minimum atomic E-state index is -0.165. The first-order valence-corrected chi connectivity index (χ1v) is 8.46. The number of imidazole rings is 1. The molecule has 0 saturated carbocycles. The van der Waals surface area contributed by atoms with Crippen LogP contribution in [0.2, 0.25) is 0 Å². The van der Waals surface area contributed by atoms with Crippen molar-refractivity contribution < 1.29 is 4.79 Å². The van der Waals surface area contributed by atoms with Gasteiger partial charge in [0.15, 0.2) is 0 Å². The van der Waals surface area contributed by atoms with E-state index in [4.69, 9.17) is 0 Å². The normalized spacial score (nSPS) is 10.8. The quantitative estimate of drug-likeness (QED) is 0.561. The van der Waals surface area contributed by atoms with Crippen LogP contribution < -0.4 is 5.32 Å². The number of hydrogen-bond donors (Lipinski definition) is 1. The molecule has 0 aliphatic carbocycles. The summed E-state index contributed by atoms with van der Waals surface area (Å²) in [6.45, 7) is 0. The van der Waals surface area contributed by atoms with E-state index in [-0.39, 0.29) is 5.91 Å². The van der Waals surface area contributed by atoms with Crippen LogP contribution in [0.25, 0.3) is 17.0 Å². The number of halogens is 1. The number of amides is 1. The van der Waals surface area contributed by atoms with Crippen molar-refractivity contribution in [3.8, 4) is 11.3 Å². The predicted octanol–water partition coefficient (Wildman–Crippen LogP) is 4.41. The van der Waals surface area contributed by atoms with Crippen molar-refractivity contribution in [1.82, 2.24) is 14.4 Å². The predicted molar refractivity (Wildman–Crippen MR) is 101 cm³/mol. The maximum Gasteiger partial charge on any atom is 0.256 e. The van der Waals surface area contributed by atoms with Gasteiger partial charge in [-0.15, -0.1) is 0 Å². The van der Waals surface area contributed by atoms with Crippen LogP contribution in [0.4, 0.5) is 5.69 Å². The van der Waals surface area contributed by atoms with Crippen LogP contribution in [0.5, 0.6) is 0 Å². The molecule has 0 bridgehead atoms. The second-order valence-corrected chi connectivity index (χ2v) is 6.32. The average molecular weight is 393 g/mol. The van der Waals surface area contributed by atoms with Gasteiger partial charge in [-0.3, -0.25) is 9.20 Å². The fourth-order valence-electron chi connectivity index (χ4n) is 2.57. The number of carbonyl (C=O) groups is 1. The zero-order chi connectivity index (χ0) is 17.2. The monoisotopic (exact) mass is 392 g/mol. The minimum Gasteiger partial charge on any atom is -0.322 e. The Morgan fingerprint density at radius 3 is 2.80 bits per heavy atom. The van der Waals surface area contributed by atoms with Crippen LogP contribution >= 0.6 is 15.9 Å². The molecule has 0 fully saturated rings. The Bertz CT molecular complexity index is 1040. The fourth-order valence-corrected chi connectivity index (χ4v) is 3.03. The second-order valence-electron chi connectivity index (χ2n) is 5.47. The summed E-state index contributed by atoms with van der Waals surface area (Å²) >= 11 is 3.40. The fraction of sp³-hybridized carbons (Fsp3) is 0. The van der Waals surface area contributed by atoms with Gasteiger partial charge in [0.2, 0.25) is 5.78 Å². The third-order valence-corrected chi connectivity index (χ3v) is 4.46. The van der Waals surface area contributed by atoms with Gasteiger partial charge in [0.1, 0.15) is 0 Å². The van der Waals surface area contributed by atoms with Gasteiger partial charge >= 0.3 is 0 Å². The van der Waals surface area contributed by atoms with Crippen LogP contribution in [0.1, 0.15) is 10.4 Å². The highest BCUT2D eigenvalue weighted by Gasteiger charge is 2.11. The first-order valence-electron chi connectivity index (χ1n) is 7.67. The van der Waals surface area contributed by atoms with Gasteiger partial charge in [0.25, 0.3) is 5.91 Å². The maximum atomic E-state index is 12.5. The number of rotatable bonds is 3. The number of fused-ring (bicyclic) bond motifs is 1. The lowest BCUT2D eigenvalue weighted by Crippen LogP contribution is -2.12. The largest absolute Gasteiger partial charge is 0.322 e. The molecular weight excluding hydrogens is 380 g/mol. The summed E-state index contributed by atoms with van der Waals surface area (Å²) in [5, 5.41) is 2.92. The van der Waals surface area contributed by atoms with Gasteiger partial charge in [-0.25, -0.2) is 9.97 Å². The molecular formula is C19H13BrN4O. The van der Waals surface area contributed by atoms with Crippen molar-refractivity contribution in [1.29, 1.82) is 0 Å². The third-order valence-electron chi connectivity index (χ3n) is 3.77. The molecule has 4 rings (SSSR count). The Kier molecular flexibility index (Phi) is 4.03. The molecule has 0 atom stereocenters. The molecule has 0 radical (unpaired) electrons. The molecule has 0 unspecified atom stereocenters. The summed E-state index contributed by atoms with van der Waals surface area (Å²) in [7, 11) is 0. The van der Waals surface area contributed by atoms with E-state index in [9.17, 15) is 4.79 Å². The smallest absolute Gasteiger partial charge is 0.256 e. The van der Waals surface area contributed by atoms with Gasteiger partial charge < -0.3 is 5.32 Å². The highest BCUT2D eigenvalue weighted by atomic mass is 79.9. The summed E-state index contributed by atoms with van der Waals surface area (Å²) < 4.78 is 2.62. The molecule has 6 heteroatoms. The van der Waals surface area contributed by atoms with Crippen LogP contribution in [-0.4, -0.2) is 20.3 Å². The summed E-state index contributed by atoms with van der Waals surface area (Å²) in [5.41, 5.74) is 3.01. The van der Waals surface area contributed by atoms with Crippen molar-refractivity contribution in [3.63, 3.8) is 0 Å². The van der Waals surface area contributed by atoms with E-state index in [0.717, 1.165) is 15.7 Å². The van der Waals surface area contributed by atoms with E-state index >= 15 is 0 Å². The SMILES string of the molecule is O=C(Nc1cccc(-c2cn3cccnc3n2)c1)c1ccccc1Br. The van der Waals surface area contributed by atoms with Crippen molar-refractivity contribution in [2.45, 2.75) is 0 Å². The Balaban J connectivity index is 1.63. The Morgan fingerprint density at radius 1 is 1.08 bits per heavy atom. The first kappa shape index (κ1) is 15.5. The Morgan fingerprint density at radius 2 is 1.96 bits per heavy atom. The van der Waals surface area contributed by atoms with Gasteiger partial charge in [-0.1, -0.05) is 24.3 Å². The van der Waals surface area contributed by atoms with Crippen molar-refractivity contribution in [3.05, 3.63) is 83.2 Å². The van der Waals surface area contributed by atoms with E-state index < -0.39 is 0 Å². The van der Waals surface area contributed by atoms with Crippen molar-refractivity contribution in [2.24, 2.45) is 0 Å². The number of anilines is 1. The number of benzene rings is 2. The molecule has 4 aromatic rings. The van der Waals surface area contributed by atoms with Crippen LogP contribution in [0.15, 0.2) is 77.7 Å². The molecule has 5 nitrogen and oxygen atoms in total. The first-order chi connectivity index (χ1) is 12.2. The average Bonchev–Trinajstić information content (AvgIpc) is 3.06. The maximum absolute atomic E-state index is 12.5. The lowest BCUT2D eigenvalue weighted by atomic mass is 10.1. The number of aromatic nitrogens is 3. The molecule has 0 spiro atoms. The van der Waals surface area contributed by atoms with E-state index in [0.29, 0.717) is 17.0 Å². The summed E-state index contributed by atoms with van der Waals surface area (Å²) in [4.78, 5) is 21.2. The summed E-state index contributed by atoms with van der Waals surface area (Å²) in [5.74, 6) is 0.474. The van der Waals surface area contributed by atoms with Crippen LogP contribution in [0.3, 0.4) is 0 Å². The molecule has 25 heavy (non-hydrogen) atoms. The molecule has 2 aromatic carbocycles. The Hall–Kier alpha value is -2.99. The van der Waals surface area contributed by atoms with E-state index in [1.165, 1.54) is 0 Å². The van der Waals surface area contributed by atoms with Crippen molar-refractivity contribution >= 4 is 33.3 Å². The standard InChI is InChI=1S/C19H13BrN4O/c20-16-8-2-1-7-15(16)18(25)22-14-6-3-5-13(11-14)17-12-24-10-4-9-21-19(24)23-17/h1-12H,(H,22,25). The number of nitrogens with one attached hydrogen (secondary N) is 1. The topological polar surface area (TPSA) is 59.3 Å². The van der Waals surface area contributed by atoms with Gasteiger partial charge in [-0.05, 0) is 46.3 Å². The lowest BCUT2D eigenvalue weighted by molar-refractivity contribution is 0.102. The minimum absolute atomic E-state index is 0.165. The molecule has 1 N–H and O–H groups in total. The van der Waals surface area contributed by atoms with Crippen LogP contribution in [0, 0.1) is 0 Å². The molecule has 1 amide bonds. The molecule has 2 heterocycles. The highest BCUT2D eigenvalue weighted by molar-refractivity contribution is 9.10. The summed E-state index contributed by atoms with van der Waals surface area (Å²) in [6, 6.07) is 16.8. The molecule has 0 aliphatic rings. The lowest BCUT2D eigenvalue weighted by Gasteiger charge is -2.08. The van der Waals surface area contributed by atoms with E-state index in [2.05, 4.69) is 31.2 Å². The van der Waals surface area contributed by atoms with E-state index in [1.807, 2.05) is 65.3 Å². The Labute approximate surface area is 152 Å². The molecule has 0 saturated heterocycles. The highest BCUT2D eigenvalue weighted by Crippen LogP contribution is 2.23. The second kappa shape index (κ2) is 6.49. The number of hydrogen-bond acceptors (Lipinski definition) is 3. The summed E-state index contributed by atoms with van der Waals surface area (Å²) in [6.07, 6.45) is 5.52. The number of carbonyl (C=O) groups excluding carboxylic acids is 1. The molecule has 122 valence electrons. The van der Waals surface area contributed by atoms with Crippen LogP contribution in [-0.2, 0) is 0 Å². The van der Waals surface area contributed by atoms with E-state index in [1.54, 1.807) is 12.3 Å². The third kappa shape index (κ3) is 3.16. The molecule has 0 aliphatic heterocycles. The zero-order valence-electron chi connectivity index (χ0n) is 13.1. The van der Waals surface area contributed by atoms with Crippen molar-refractivity contribution in [2.75, 3.05) is 5.32 Å².